The lowest BCUT2D eigenvalue weighted by molar-refractivity contribution is 0.104. The van der Waals surface area contributed by atoms with Crippen LogP contribution in [0.15, 0.2) is 95.5 Å². The number of ketones is 1. The molecule has 0 N–H and O–H groups in total. The number of carbonyl (C=O) groups excluding carboxylic acids is 1. The van der Waals surface area contributed by atoms with E-state index >= 15 is 0 Å². The number of aromatic nitrogens is 1. The van der Waals surface area contributed by atoms with E-state index in [1.54, 1.807) is 30.3 Å². The summed E-state index contributed by atoms with van der Waals surface area (Å²) in [7, 11) is 0. The first kappa shape index (κ1) is 19.7. The maximum atomic E-state index is 12.6. The molecule has 5 rings (SSSR count). The van der Waals surface area contributed by atoms with Gasteiger partial charge in [0.25, 0.3) is 5.19 Å². The Morgan fingerprint density at radius 2 is 1.68 bits per heavy atom. The van der Waals surface area contributed by atoms with Crippen LogP contribution in [0.4, 0.5) is 0 Å². The number of ether oxygens (including phenoxy) is 1. The second kappa shape index (κ2) is 8.46. The summed E-state index contributed by atoms with van der Waals surface area (Å²) in [5.41, 5.74) is 2.48. The minimum absolute atomic E-state index is 0.0633. The Kier molecular flexibility index (Phi) is 5.37. The van der Waals surface area contributed by atoms with E-state index in [1.807, 2.05) is 48.5 Å². The summed E-state index contributed by atoms with van der Waals surface area (Å²) in [5, 5.41) is 2.86. The van der Waals surface area contributed by atoms with E-state index in [0.29, 0.717) is 16.5 Å². The first-order valence-electron chi connectivity index (χ1n) is 9.70. The van der Waals surface area contributed by atoms with Gasteiger partial charge in [-0.2, -0.15) is 0 Å². The van der Waals surface area contributed by atoms with Crippen molar-refractivity contribution in [3.8, 4) is 10.9 Å². The van der Waals surface area contributed by atoms with Crippen LogP contribution in [0.5, 0.6) is 10.9 Å². The minimum Gasteiger partial charge on any atom is -0.431 e. The highest BCUT2D eigenvalue weighted by atomic mass is 79.9. The number of nitrogens with zero attached hydrogens (tertiary/aromatic N) is 1. The maximum Gasteiger partial charge on any atom is 0.279 e. The summed E-state index contributed by atoms with van der Waals surface area (Å²) < 4.78 is 7.91. The molecule has 5 heteroatoms. The molecule has 0 saturated heterocycles. The summed E-state index contributed by atoms with van der Waals surface area (Å²) >= 11 is 5.15. The predicted octanol–water partition coefficient (Wildman–Crippen LogP) is 7.90. The Hall–Kier alpha value is -3.28. The van der Waals surface area contributed by atoms with Crippen molar-refractivity contribution in [1.29, 1.82) is 0 Å². The quantitative estimate of drug-likeness (QED) is 0.187. The largest absolute Gasteiger partial charge is 0.431 e. The second-order valence-electron chi connectivity index (χ2n) is 6.96. The third-order valence-corrected chi connectivity index (χ3v) is 6.73. The molecular weight excluding hydrogens is 470 g/mol. The highest BCUT2D eigenvalue weighted by molar-refractivity contribution is 9.10. The number of rotatable bonds is 5. The number of benzene rings is 4. The molecule has 5 aromatic rings. The zero-order valence-corrected chi connectivity index (χ0v) is 18.7. The fourth-order valence-corrected chi connectivity index (χ4v) is 4.78. The number of halogens is 1. The molecule has 0 atom stereocenters. The normalized spacial score (nSPS) is 11.4. The Labute approximate surface area is 191 Å². The van der Waals surface area contributed by atoms with Crippen LogP contribution in [-0.4, -0.2) is 10.8 Å². The van der Waals surface area contributed by atoms with E-state index in [-0.39, 0.29) is 5.78 Å². The number of fused-ring (bicyclic) bond motifs is 2. The smallest absolute Gasteiger partial charge is 0.279 e. The molecule has 3 nitrogen and oxygen atoms in total. The van der Waals surface area contributed by atoms with Gasteiger partial charge in [0.15, 0.2) is 5.78 Å². The average Bonchev–Trinajstić information content (AvgIpc) is 3.21. The van der Waals surface area contributed by atoms with Crippen molar-refractivity contribution < 1.29 is 9.53 Å². The Morgan fingerprint density at radius 3 is 2.52 bits per heavy atom. The Bertz CT molecular complexity index is 1400. The molecule has 0 bridgehead atoms. The molecule has 1 aromatic heterocycles. The summed E-state index contributed by atoms with van der Waals surface area (Å²) in [6.07, 6.45) is 3.43. The van der Waals surface area contributed by atoms with Crippen LogP contribution in [0.3, 0.4) is 0 Å². The molecule has 1 heterocycles. The molecule has 0 saturated carbocycles. The molecule has 0 fully saturated rings. The molecule has 0 aliphatic heterocycles. The molecule has 0 amide bonds. The van der Waals surface area contributed by atoms with Crippen LogP contribution < -0.4 is 4.74 Å². The number of hydrogen-bond acceptors (Lipinski definition) is 4. The SMILES string of the molecule is O=C(/C=C/c1ccc2ccccc2c1Br)c1ccc(Oc2nc3ccccc3s2)cc1. The first-order valence-corrected chi connectivity index (χ1v) is 11.3. The van der Waals surface area contributed by atoms with Crippen molar-refractivity contribution in [1.82, 2.24) is 4.98 Å². The summed E-state index contributed by atoms with van der Waals surface area (Å²) in [4.78, 5) is 17.1. The van der Waals surface area contributed by atoms with Crippen LogP contribution in [0.1, 0.15) is 15.9 Å². The van der Waals surface area contributed by atoms with E-state index in [9.17, 15) is 4.79 Å². The highest BCUT2D eigenvalue weighted by Crippen LogP contribution is 2.31. The number of hydrogen-bond donors (Lipinski definition) is 0. The van der Waals surface area contributed by atoms with Crippen molar-refractivity contribution in [2.45, 2.75) is 0 Å². The molecule has 0 unspecified atom stereocenters. The highest BCUT2D eigenvalue weighted by Gasteiger charge is 2.08. The van der Waals surface area contributed by atoms with Gasteiger partial charge in [-0.15, -0.1) is 0 Å². The molecule has 0 spiro atoms. The van der Waals surface area contributed by atoms with Gasteiger partial charge in [0, 0.05) is 10.0 Å². The number of carbonyl (C=O) groups is 1. The van der Waals surface area contributed by atoms with Crippen molar-refractivity contribution in [3.05, 3.63) is 107 Å². The summed E-state index contributed by atoms with van der Waals surface area (Å²) in [5.74, 6) is 0.587. The lowest BCUT2D eigenvalue weighted by Gasteiger charge is -2.04. The van der Waals surface area contributed by atoms with Gasteiger partial charge >= 0.3 is 0 Å². The van der Waals surface area contributed by atoms with Gasteiger partial charge < -0.3 is 4.74 Å². The Morgan fingerprint density at radius 1 is 0.903 bits per heavy atom. The van der Waals surface area contributed by atoms with E-state index in [1.165, 1.54) is 11.3 Å². The van der Waals surface area contributed by atoms with Crippen LogP contribution in [0.2, 0.25) is 0 Å². The fraction of sp³-hybridized carbons (Fsp3) is 0. The monoisotopic (exact) mass is 485 g/mol. The lowest BCUT2D eigenvalue weighted by atomic mass is 10.1. The van der Waals surface area contributed by atoms with Crippen LogP contribution in [-0.2, 0) is 0 Å². The van der Waals surface area contributed by atoms with Crippen molar-refractivity contribution in [2.75, 3.05) is 0 Å². The number of allylic oxidation sites excluding steroid dienone is 1. The number of para-hydroxylation sites is 1. The van der Waals surface area contributed by atoms with Crippen LogP contribution >= 0.6 is 27.3 Å². The van der Waals surface area contributed by atoms with Gasteiger partial charge in [-0.3, -0.25) is 4.79 Å². The third-order valence-electron chi connectivity index (χ3n) is 4.93. The lowest BCUT2D eigenvalue weighted by Crippen LogP contribution is -1.94. The summed E-state index contributed by atoms with van der Waals surface area (Å²) in [6, 6.07) is 27.2. The minimum atomic E-state index is -0.0633. The fourth-order valence-electron chi connectivity index (χ4n) is 3.32. The van der Waals surface area contributed by atoms with Crippen LogP contribution in [0.25, 0.3) is 27.1 Å². The van der Waals surface area contributed by atoms with Crippen LogP contribution in [0, 0.1) is 0 Å². The zero-order valence-electron chi connectivity index (χ0n) is 16.3. The number of thiazole rings is 1. The summed E-state index contributed by atoms with van der Waals surface area (Å²) in [6.45, 7) is 0. The standard InChI is InChI=1S/C26H16BrNO2S/c27-25-19(10-9-17-5-1-2-6-21(17)25)13-16-23(29)18-11-14-20(15-12-18)30-26-28-22-7-3-4-8-24(22)31-26/h1-16H/b16-13+. The Balaban J connectivity index is 1.31. The topological polar surface area (TPSA) is 39.2 Å². The first-order chi connectivity index (χ1) is 15.2. The van der Waals surface area contributed by atoms with Crippen molar-refractivity contribution in [2.24, 2.45) is 0 Å². The third kappa shape index (κ3) is 4.15. The van der Waals surface area contributed by atoms with Crippen molar-refractivity contribution >= 4 is 60.1 Å². The molecule has 0 aliphatic carbocycles. The van der Waals surface area contributed by atoms with Gasteiger partial charge in [0.2, 0.25) is 0 Å². The van der Waals surface area contributed by atoms with Gasteiger partial charge in [-0.1, -0.05) is 59.9 Å². The van der Waals surface area contributed by atoms with Gasteiger partial charge in [-0.25, -0.2) is 4.98 Å². The predicted molar refractivity (Wildman–Crippen MR) is 131 cm³/mol. The molecule has 4 aromatic carbocycles. The molecule has 0 aliphatic rings. The molecule has 150 valence electrons. The van der Waals surface area contributed by atoms with Gasteiger partial charge in [0.1, 0.15) is 5.75 Å². The second-order valence-corrected chi connectivity index (χ2v) is 8.75. The van der Waals surface area contributed by atoms with E-state index in [2.05, 4.69) is 39.1 Å². The van der Waals surface area contributed by atoms with Crippen molar-refractivity contribution in [3.63, 3.8) is 0 Å². The van der Waals surface area contributed by atoms with Gasteiger partial charge in [0.05, 0.1) is 10.2 Å². The maximum absolute atomic E-state index is 12.6. The molecule has 0 radical (unpaired) electrons. The van der Waals surface area contributed by atoms with Gasteiger partial charge in [-0.05, 0) is 80.8 Å². The average molecular weight is 486 g/mol. The van der Waals surface area contributed by atoms with E-state index in [4.69, 9.17) is 4.74 Å². The molecular formula is C26H16BrNO2S. The van der Waals surface area contributed by atoms with E-state index < -0.39 is 0 Å². The zero-order chi connectivity index (χ0) is 21.2. The molecule has 31 heavy (non-hydrogen) atoms. The van der Waals surface area contributed by atoms with E-state index in [0.717, 1.165) is 31.0 Å².